The second kappa shape index (κ2) is 7.15. The summed E-state index contributed by atoms with van der Waals surface area (Å²) < 4.78 is 13.3. The number of hydrogen-bond acceptors (Lipinski definition) is 3. The van der Waals surface area contributed by atoms with E-state index in [1.807, 2.05) is 42.5 Å². The zero-order chi connectivity index (χ0) is 20.7. The molecule has 2 heterocycles. The summed E-state index contributed by atoms with van der Waals surface area (Å²) in [4.78, 5) is 15.0. The number of hydrogen-bond donors (Lipinski definition) is 2. The molecule has 0 spiro atoms. The first-order valence-electron chi connectivity index (χ1n) is 9.60. The van der Waals surface area contributed by atoms with Gasteiger partial charge in [0.15, 0.2) is 0 Å². The highest BCUT2D eigenvalue weighted by Crippen LogP contribution is 2.43. The van der Waals surface area contributed by atoms with Gasteiger partial charge in [0, 0.05) is 17.7 Å². The normalized spacial score (nSPS) is 15.4. The van der Waals surface area contributed by atoms with Crippen LogP contribution < -0.4 is 0 Å². The molecule has 0 fully saturated rings. The fraction of sp³-hybridized carbons (Fsp3) is 0.0833. The highest BCUT2D eigenvalue weighted by molar-refractivity contribution is 6.00. The Bertz CT molecular complexity index is 1200. The van der Waals surface area contributed by atoms with Crippen molar-refractivity contribution in [1.29, 1.82) is 0 Å². The van der Waals surface area contributed by atoms with Crippen LogP contribution in [0.25, 0.3) is 11.3 Å². The van der Waals surface area contributed by atoms with Crippen LogP contribution in [0.2, 0.25) is 0 Å². The molecule has 3 aromatic carbocycles. The van der Waals surface area contributed by atoms with Gasteiger partial charge in [-0.1, -0.05) is 54.6 Å². The van der Waals surface area contributed by atoms with Crippen LogP contribution in [0, 0.1) is 5.82 Å². The number of amides is 1. The van der Waals surface area contributed by atoms with Crippen LogP contribution >= 0.6 is 0 Å². The molecule has 0 radical (unpaired) electrons. The number of nitrogens with zero attached hydrogens (tertiary/aromatic N) is 2. The van der Waals surface area contributed by atoms with Gasteiger partial charge >= 0.3 is 0 Å². The average molecular weight is 399 g/mol. The Hall–Kier alpha value is -3.93. The molecule has 0 saturated carbocycles. The number of carbonyl (C=O) groups excluding carboxylic acids is 1. The minimum atomic E-state index is -0.382. The Morgan fingerprint density at radius 1 is 0.967 bits per heavy atom. The van der Waals surface area contributed by atoms with Gasteiger partial charge in [0.05, 0.1) is 11.7 Å². The molecular formula is C24H18FN3O2. The lowest BCUT2D eigenvalue weighted by molar-refractivity contribution is 0.0730. The molecule has 5 rings (SSSR count). The molecule has 30 heavy (non-hydrogen) atoms. The number of rotatable bonds is 4. The van der Waals surface area contributed by atoms with Crippen LogP contribution in [0.4, 0.5) is 4.39 Å². The summed E-state index contributed by atoms with van der Waals surface area (Å²) in [7, 11) is 0. The number of phenols is 1. The zero-order valence-corrected chi connectivity index (χ0v) is 15.9. The van der Waals surface area contributed by atoms with Crippen LogP contribution in [-0.2, 0) is 6.54 Å². The highest BCUT2D eigenvalue weighted by atomic mass is 19.1. The Kier molecular flexibility index (Phi) is 4.32. The number of fused-ring (bicyclic) bond motifs is 1. The fourth-order valence-electron chi connectivity index (χ4n) is 3.97. The van der Waals surface area contributed by atoms with Gasteiger partial charge in [-0.3, -0.25) is 9.89 Å². The lowest BCUT2D eigenvalue weighted by Crippen LogP contribution is -2.29. The molecule has 4 aromatic rings. The highest BCUT2D eigenvalue weighted by Gasteiger charge is 2.42. The molecule has 0 saturated heterocycles. The predicted molar refractivity (Wildman–Crippen MR) is 110 cm³/mol. The number of halogens is 1. The number of H-pyrrole nitrogens is 1. The lowest BCUT2D eigenvalue weighted by atomic mass is 9.96. The minimum absolute atomic E-state index is 0.156. The molecule has 0 aliphatic carbocycles. The number of carbonyl (C=O) groups is 1. The number of aromatic hydroxyl groups is 1. The summed E-state index contributed by atoms with van der Waals surface area (Å²) >= 11 is 0. The van der Waals surface area contributed by atoms with Gasteiger partial charge in [-0.2, -0.15) is 5.10 Å². The maximum atomic E-state index is 13.3. The number of nitrogens with one attached hydrogen (secondary N) is 1. The van der Waals surface area contributed by atoms with Gasteiger partial charge in [-0.15, -0.1) is 0 Å². The van der Waals surface area contributed by atoms with Crippen LogP contribution in [0.5, 0.6) is 5.75 Å². The first-order valence-corrected chi connectivity index (χ1v) is 9.60. The van der Waals surface area contributed by atoms with E-state index in [2.05, 4.69) is 10.2 Å². The zero-order valence-electron chi connectivity index (χ0n) is 15.9. The van der Waals surface area contributed by atoms with E-state index in [0.29, 0.717) is 12.2 Å². The Morgan fingerprint density at radius 2 is 1.67 bits per heavy atom. The monoisotopic (exact) mass is 399 g/mol. The van der Waals surface area contributed by atoms with Gasteiger partial charge in [-0.25, -0.2) is 4.39 Å². The van der Waals surface area contributed by atoms with Gasteiger partial charge < -0.3 is 10.0 Å². The molecule has 5 nitrogen and oxygen atoms in total. The van der Waals surface area contributed by atoms with Crippen molar-refractivity contribution in [3.8, 4) is 17.0 Å². The van der Waals surface area contributed by atoms with Crippen LogP contribution in [0.1, 0.15) is 33.2 Å². The van der Waals surface area contributed by atoms with Crippen molar-refractivity contribution in [2.24, 2.45) is 0 Å². The Balaban J connectivity index is 1.63. The standard InChI is InChI=1S/C24H18FN3O2/c25-18-10-6-15(7-11-18)14-28-23(17-8-12-19(29)13-9-17)20-21(16-4-2-1-3-5-16)26-27-22(20)24(28)30/h1-13,23,29H,14H2,(H,26,27). The molecule has 1 aromatic heterocycles. The number of aromatic amines is 1. The summed E-state index contributed by atoms with van der Waals surface area (Å²) in [5.41, 5.74) is 4.58. The summed E-state index contributed by atoms with van der Waals surface area (Å²) in [6.45, 7) is 0.321. The average Bonchev–Trinajstić information content (AvgIpc) is 3.31. The van der Waals surface area contributed by atoms with Crippen LogP contribution in [0.3, 0.4) is 0 Å². The van der Waals surface area contributed by atoms with Crippen molar-refractivity contribution in [1.82, 2.24) is 15.1 Å². The number of benzene rings is 3. The molecule has 1 aliphatic rings. The van der Waals surface area contributed by atoms with Crippen molar-refractivity contribution in [3.63, 3.8) is 0 Å². The first-order chi connectivity index (χ1) is 14.6. The third-order valence-corrected chi connectivity index (χ3v) is 5.39. The summed E-state index contributed by atoms with van der Waals surface area (Å²) in [6.07, 6.45) is 0. The maximum absolute atomic E-state index is 13.3. The van der Waals surface area contributed by atoms with Crippen molar-refractivity contribution < 1.29 is 14.3 Å². The summed E-state index contributed by atoms with van der Waals surface area (Å²) in [5, 5.41) is 17.1. The molecule has 1 atom stereocenters. The van der Waals surface area contributed by atoms with Crippen molar-refractivity contribution >= 4 is 5.91 Å². The quantitative estimate of drug-likeness (QED) is 0.524. The topological polar surface area (TPSA) is 69.2 Å². The third kappa shape index (κ3) is 3.03. The summed E-state index contributed by atoms with van der Waals surface area (Å²) in [5.74, 6) is -0.326. The predicted octanol–water partition coefficient (Wildman–Crippen LogP) is 4.67. The molecule has 6 heteroatoms. The van der Waals surface area contributed by atoms with Gasteiger partial charge in [0.2, 0.25) is 0 Å². The van der Waals surface area contributed by atoms with E-state index in [9.17, 15) is 14.3 Å². The van der Waals surface area contributed by atoms with E-state index in [-0.39, 0.29) is 23.5 Å². The first kappa shape index (κ1) is 18.1. The summed E-state index contributed by atoms with van der Waals surface area (Å²) in [6, 6.07) is 22.3. The molecule has 148 valence electrons. The molecule has 2 N–H and O–H groups in total. The van der Waals surface area contributed by atoms with Crippen molar-refractivity contribution in [2.45, 2.75) is 12.6 Å². The van der Waals surface area contributed by atoms with Gasteiger partial charge in [0.1, 0.15) is 17.3 Å². The van der Waals surface area contributed by atoms with E-state index < -0.39 is 0 Å². The van der Waals surface area contributed by atoms with E-state index in [1.165, 1.54) is 12.1 Å². The van der Waals surface area contributed by atoms with E-state index in [0.717, 1.165) is 27.9 Å². The fourth-order valence-corrected chi connectivity index (χ4v) is 3.97. The SMILES string of the molecule is O=C1c2[nH]nc(-c3ccccc3)c2C(c2ccc(O)cc2)N1Cc1ccc(F)cc1. The largest absolute Gasteiger partial charge is 0.508 e. The van der Waals surface area contributed by atoms with Crippen LogP contribution in [0.15, 0.2) is 78.9 Å². The van der Waals surface area contributed by atoms with Crippen molar-refractivity contribution in [3.05, 3.63) is 107 Å². The second-order valence-corrected chi connectivity index (χ2v) is 7.28. The third-order valence-electron chi connectivity index (χ3n) is 5.39. The van der Waals surface area contributed by atoms with Crippen molar-refractivity contribution in [2.75, 3.05) is 0 Å². The lowest BCUT2D eigenvalue weighted by Gasteiger charge is -2.26. The van der Waals surface area contributed by atoms with E-state index >= 15 is 0 Å². The van der Waals surface area contributed by atoms with Crippen LogP contribution in [-0.4, -0.2) is 26.1 Å². The smallest absolute Gasteiger partial charge is 0.273 e. The second-order valence-electron chi connectivity index (χ2n) is 7.28. The number of phenolic OH excluding ortho intramolecular Hbond substituents is 1. The minimum Gasteiger partial charge on any atom is -0.508 e. The van der Waals surface area contributed by atoms with Gasteiger partial charge in [-0.05, 0) is 35.4 Å². The molecule has 1 unspecified atom stereocenters. The van der Waals surface area contributed by atoms with Gasteiger partial charge in [0.25, 0.3) is 5.91 Å². The van der Waals surface area contributed by atoms with E-state index in [1.54, 1.807) is 29.2 Å². The maximum Gasteiger partial charge on any atom is 0.273 e. The number of aromatic nitrogens is 2. The molecule has 1 aliphatic heterocycles. The Labute approximate surface area is 172 Å². The molecule has 0 bridgehead atoms. The Morgan fingerprint density at radius 3 is 2.37 bits per heavy atom. The van der Waals surface area contributed by atoms with E-state index in [4.69, 9.17) is 0 Å². The molecule has 1 amide bonds. The molecular weight excluding hydrogens is 381 g/mol.